The lowest BCUT2D eigenvalue weighted by molar-refractivity contribution is -0.115. The van der Waals surface area contributed by atoms with Gasteiger partial charge in [0.05, 0.1) is 0 Å². The summed E-state index contributed by atoms with van der Waals surface area (Å²) in [6.45, 7) is 0. The molecule has 122 valence electrons. The van der Waals surface area contributed by atoms with E-state index in [1.165, 1.54) is 12.1 Å². The van der Waals surface area contributed by atoms with E-state index in [2.05, 4.69) is 15.5 Å². The second-order valence-electron chi connectivity index (χ2n) is 4.88. The normalized spacial score (nSPS) is 10.5. The molecule has 1 amide bonds. The van der Waals surface area contributed by atoms with Crippen LogP contribution in [0.1, 0.15) is 6.42 Å². The van der Waals surface area contributed by atoms with Crippen molar-refractivity contribution in [3.8, 4) is 11.5 Å². The third kappa shape index (κ3) is 4.42. The number of hydrogen-bond acceptors (Lipinski definition) is 5. The van der Waals surface area contributed by atoms with E-state index in [-0.39, 0.29) is 17.8 Å². The zero-order valence-electron chi connectivity index (χ0n) is 12.6. The van der Waals surface area contributed by atoms with Crippen LogP contribution < -0.4 is 5.32 Å². The maximum absolute atomic E-state index is 13.2. The number of nitrogens with zero attached hydrogens (tertiary/aromatic N) is 2. The highest BCUT2D eigenvalue weighted by Crippen LogP contribution is 2.21. The van der Waals surface area contributed by atoms with Crippen molar-refractivity contribution in [2.75, 3.05) is 11.1 Å². The lowest BCUT2D eigenvalue weighted by Crippen LogP contribution is -2.12. The number of halogens is 1. The number of carbonyl (C=O) groups is 1. The van der Waals surface area contributed by atoms with Crippen molar-refractivity contribution in [2.45, 2.75) is 11.3 Å². The number of aromatic nitrogens is 2. The Morgan fingerprint density at radius 2 is 1.96 bits per heavy atom. The fourth-order valence-corrected chi connectivity index (χ4v) is 2.84. The largest absolute Gasteiger partial charge is 0.403 e. The molecule has 1 aromatic heterocycles. The van der Waals surface area contributed by atoms with Crippen LogP contribution >= 0.6 is 11.8 Å². The highest BCUT2D eigenvalue weighted by atomic mass is 32.2. The Kier molecular flexibility index (Phi) is 5.22. The molecule has 1 N–H and O–H groups in total. The molecule has 0 fully saturated rings. The molecule has 0 unspecified atom stereocenters. The first-order valence-corrected chi connectivity index (χ1v) is 8.26. The molecule has 2 aromatic carbocycles. The van der Waals surface area contributed by atoms with Crippen molar-refractivity contribution in [3.63, 3.8) is 0 Å². The summed E-state index contributed by atoms with van der Waals surface area (Å²) in [6.07, 6.45) is 0.317. The Labute approximate surface area is 142 Å². The van der Waals surface area contributed by atoms with Gasteiger partial charge >= 0.3 is 6.01 Å². The van der Waals surface area contributed by atoms with Gasteiger partial charge < -0.3 is 4.42 Å². The van der Waals surface area contributed by atoms with Gasteiger partial charge in [0.1, 0.15) is 5.82 Å². The Hall–Kier alpha value is -2.67. The minimum absolute atomic E-state index is 0.00368. The van der Waals surface area contributed by atoms with Gasteiger partial charge in [-0.15, -0.1) is 16.9 Å². The predicted octanol–water partition coefficient (Wildman–Crippen LogP) is 4.00. The van der Waals surface area contributed by atoms with E-state index in [1.54, 1.807) is 23.9 Å². The van der Waals surface area contributed by atoms with Gasteiger partial charge in [-0.3, -0.25) is 10.1 Å². The van der Waals surface area contributed by atoms with Crippen LogP contribution in [0, 0.1) is 5.82 Å². The van der Waals surface area contributed by atoms with E-state index in [9.17, 15) is 9.18 Å². The van der Waals surface area contributed by atoms with Gasteiger partial charge in [0, 0.05) is 22.6 Å². The molecule has 3 rings (SSSR count). The molecule has 1 heterocycles. The van der Waals surface area contributed by atoms with E-state index in [1.807, 2.05) is 30.3 Å². The summed E-state index contributed by atoms with van der Waals surface area (Å²) in [5.41, 5.74) is 0.461. The Morgan fingerprint density at radius 3 is 2.75 bits per heavy atom. The molecule has 0 bridgehead atoms. The number of rotatable bonds is 6. The second-order valence-corrected chi connectivity index (χ2v) is 6.05. The van der Waals surface area contributed by atoms with E-state index < -0.39 is 5.82 Å². The van der Waals surface area contributed by atoms with E-state index >= 15 is 0 Å². The molecule has 0 spiro atoms. The number of thioether (sulfide) groups is 1. The monoisotopic (exact) mass is 343 g/mol. The summed E-state index contributed by atoms with van der Waals surface area (Å²) >= 11 is 1.59. The Balaban J connectivity index is 1.52. The van der Waals surface area contributed by atoms with E-state index in [0.717, 1.165) is 4.90 Å². The molecule has 0 radical (unpaired) electrons. The van der Waals surface area contributed by atoms with Gasteiger partial charge in [0.2, 0.25) is 11.8 Å². The van der Waals surface area contributed by atoms with Crippen LogP contribution in [0.15, 0.2) is 63.9 Å². The molecule has 0 aliphatic heterocycles. The van der Waals surface area contributed by atoms with Crippen LogP contribution in [0.3, 0.4) is 0 Å². The fourth-order valence-electron chi connectivity index (χ4n) is 1.97. The zero-order chi connectivity index (χ0) is 16.8. The quantitative estimate of drug-likeness (QED) is 0.685. The highest BCUT2D eigenvalue weighted by molar-refractivity contribution is 7.99. The van der Waals surface area contributed by atoms with Crippen LogP contribution in [0.2, 0.25) is 0 Å². The minimum atomic E-state index is -0.394. The van der Waals surface area contributed by atoms with Crippen molar-refractivity contribution in [2.24, 2.45) is 0 Å². The number of carbonyl (C=O) groups excluding carboxylic acids is 1. The molecule has 0 aliphatic carbocycles. The number of nitrogens with one attached hydrogen (secondary N) is 1. The molecule has 3 aromatic rings. The first-order valence-electron chi connectivity index (χ1n) is 7.28. The van der Waals surface area contributed by atoms with Gasteiger partial charge in [0.25, 0.3) is 0 Å². The van der Waals surface area contributed by atoms with Crippen LogP contribution in [0.4, 0.5) is 10.4 Å². The van der Waals surface area contributed by atoms with E-state index in [4.69, 9.17) is 4.42 Å². The average molecular weight is 343 g/mol. The summed E-state index contributed by atoms with van der Waals surface area (Å²) in [7, 11) is 0. The number of benzene rings is 2. The van der Waals surface area contributed by atoms with Gasteiger partial charge in [-0.25, -0.2) is 4.39 Å². The number of anilines is 1. The van der Waals surface area contributed by atoms with E-state index in [0.29, 0.717) is 17.7 Å². The summed E-state index contributed by atoms with van der Waals surface area (Å²) in [5.74, 6) is 0.186. The van der Waals surface area contributed by atoms with Crippen LogP contribution in [0.5, 0.6) is 0 Å². The highest BCUT2D eigenvalue weighted by Gasteiger charge is 2.11. The third-order valence-electron chi connectivity index (χ3n) is 3.08. The van der Waals surface area contributed by atoms with Crippen molar-refractivity contribution in [1.82, 2.24) is 10.2 Å². The molecular weight excluding hydrogens is 329 g/mol. The number of amides is 1. The first-order chi connectivity index (χ1) is 11.7. The summed E-state index contributed by atoms with van der Waals surface area (Å²) in [6, 6.07) is 15.7. The predicted molar refractivity (Wildman–Crippen MR) is 90.1 cm³/mol. The molecule has 0 aliphatic rings. The summed E-state index contributed by atoms with van der Waals surface area (Å²) in [5, 5.41) is 10.1. The Bertz CT molecular complexity index is 823. The van der Waals surface area contributed by atoms with Gasteiger partial charge in [-0.05, 0) is 30.3 Å². The topological polar surface area (TPSA) is 68.0 Å². The van der Waals surface area contributed by atoms with Gasteiger partial charge in [-0.1, -0.05) is 29.4 Å². The molecule has 7 heteroatoms. The standard InChI is InChI=1S/C17H14FN3O2S/c18-13-6-4-5-12(11-13)16-20-21-17(23-16)19-15(22)9-10-24-14-7-2-1-3-8-14/h1-8,11H,9-10H2,(H,19,21,22). The lowest BCUT2D eigenvalue weighted by atomic mass is 10.2. The second kappa shape index (κ2) is 7.74. The van der Waals surface area contributed by atoms with Crippen molar-refractivity contribution in [3.05, 3.63) is 60.4 Å². The maximum atomic E-state index is 13.2. The summed E-state index contributed by atoms with van der Waals surface area (Å²) in [4.78, 5) is 13.0. The van der Waals surface area contributed by atoms with Crippen LogP contribution in [-0.2, 0) is 4.79 Å². The minimum Gasteiger partial charge on any atom is -0.403 e. The molecule has 0 saturated carbocycles. The molecule has 0 saturated heterocycles. The van der Waals surface area contributed by atoms with Crippen LogP contribution in [0.25, 0.3) is 11.5 Å². The Morgan fingerprint density at radius 1 is 1.12 bits per heavy atom. The number of hydrogen-bond donors (Lipinski definition) is 1. The van der Waals surface area contributed by atoms with Gasteiger partial charge in [0.15, 0.2) is 0 Å². The molecule has 0 atom stereocenters. The van der Waals surface area contributed by atoms with Crippen molar-refractivity contribution >= 4 is 23.7 Å². The summed E-state index contributed by atoms with van der Waals surface area (Å²) < 4.78 is 18.5. The SMILES string of the molecule is O=C(CCSc1ccccc1)Nc1nnc(-c2cccc(F)c2)o1. The van der Waals surface area contributed by atoms with Crippen molar-refractivity contribution < 1.29 is 13.6 Å². The molecular formula is C17H14FN3O2S. The maximum Gasteiger partial charge on any atom is 0.322 e. The first kappa shape index (κ1) is 16.2. The lowest BCUT2D eigenvalue weighted by Gasteiger charge is -2.01. The fraction of sp³-hybridized carbons (Fsp3) is 0.118. The zero-order valence-corrected chi connectivity index (χ0v) is 13.4. The molecule has 5 nitrogen and oxygen atoms in total. The van der Waals surface area contributed by atoms with Gasteiger partial charge in [-0.2, -0.15) is 0 Å². The smallest absolute Gasteiger partial charge is 0.322 e. The molecule has 24 heavy (non-hydrogen) atoms. The van der Waals surface area contributed by atoms with Crippen molar-refractivity contribution in [1.29, 1.82) is 0 Å². The third-order valence-corrected chi connectivity index (χ3v) is 4.10. The van der Waals surface area contributed by atoms with Crippen LogP contribution in [-0.4, -0.2) is 21.9 Å². The average Bonchev–Trinajstić information content (AvgIpc) is 3.04.